The van der Waals surface area contributed by atoms with Crippen molar-refractivity contribution >= 4 is 170 Å². The lowest BCUT2D eigenvalue weighted by atomic mass is 9.91. The summed E-state index contributed by atoms with van der Waals surface area (Å²) in [7, 11) is 0. The standard InChI is InChI=1S/C49H71ClN10O9S2.C47H69N9O9S2/c1-28(2)27-55-44(65)36(9-5-17-54-49(52)53)56-46(67)39-10-6-18-60(39)48(69)31-15-20-70-21-16-34(61)23-32(22-30-11-13-33(50)14-12-30)43(64)58-38(25-35-8-7-19-71-35)45(66)59-42(29(3)4)47(68)57-37(26-41(51)63)40(62)24-31;1-4-29-13-15-30(16-14-29)21-31-22-34(58)10-7-19-66-27-32(46(65)56-18-6-12-38(56)44(63)52-33(26-57)9-5-17-51-47(49)50)23-39(59)36(25-40(48)60)53-45(64)41(28(2)3)55-43(62)37(54-42(31)61)24-35-11-8-20-67-35/h7-8,11-14,19,28-29,31-32,36-39,42H,5-6,9-10,15-18,20-27H2,1-4H3,(H2,51,63)(H,55,65)(H,56,67)(H,57,68)(H,58,64)(H,59,66)(H4,52,53,54);8,11,13-16,20,28,31-33,36-38,41,57H,4-7,9-10,12,17-19,21-27H2,1-3H3,(H2,48,60)(H,52,63)(H,53,64)(H,54,61)(H,55,62)(H4,49,50,51)/t31-,32-,36-,37+,38+,39+,42+;31-,32+,33+,36+,37+,38+,41+/m11/s1. The first-order valence-corrected chi connectivity index (χ1v) is 51.9. The Morgan fingerprint density at radius 2 is 0.957 bits per heavy atom. The van der Waals surface area contributed by atoms with Crippen molar-refractivity contribution in [1.29, 1.82) is 0 Å². The Hall–Kier alpha value is -10.9. The number of hydrogen-bond donors (Lipinski definition) is 16. The predicted molar refractivity (Wildman–Crippen MR) is 533 cm³/mol. The van der Waals surface area contributed by atoms with E-state index in [1.165, 1.54) is 56.0 Å². The number of Topliss-reactive ketones (excluding diaryl/α,β-unsaturated/α-hetero) is 4. The Balaban J connectivity index is 0.000000376. The number of aliphatic imine (C=N–C) groups is 2. The molecule has 0 spiro atoms. The maximum absolute atomic E-state index is 14.7. The van der Waals surface area contributed by atoms with Crippen molar-refractivity contribution in [3.8, 4) is 0 Å². The molecular formula is C96H140ClN19O18S4. The number of rotatable bonds is 33. The molecule has 6 heterocycles. The highest BCUT2D eigenvalue weighted by Gasteiger charge is 2.44. The van der Waals surface area contributed by atoms with Crippen molar-refractivity contribution in [1.82, 2.24) is 57.7 Å². The molecule has 0 radical (unpaired) electrons. The van der Waals surface area contributed by atoms with Crippen LogP contribution < -0.4 is 82.3 Å². The fourth-order valence-corrected chi connectivity index (χ4v) is 20.3. The summed E-state index contributed by atoms with van der Waals surface area (Å²) < 4.78 is 0. The lowest BCUT2D eigenvalue weighted by Gasteiger charge is -2.30. The summed E-state index contributed by atoms with van der Waals surface area (Å²) in [4.78, 5) is 248. The Labute approximate surface area is 828 Å². The number of guanidine groups is 2. The molecular weight excluding hydrogens is 1870 g/mol. The van der Waals surface area contributed by atoms with E-state index in [1.54, 1.807) is 58.0 Å². The summed E-state index contributed by atoms with van der Waals surface area (Å²) in [6.07, 6.45) is 2.97. The Kier molecular flexibility index (Phi) is 48.7. The Morgan fingerprint density at radius 3 is 1.41 bits per heavy atom. The second-order valence-electron chi connectivity index (χ2n) is 36.6. The van der Waals surface area contributed by atoms with Crippen molar-refractivity contribution in [2.75, 3.05) is 62.3 Å². The molecule has 4 aliphatic heterocycles. The second kappa shape index (κ2) is 58.9. The third-order valence-electron chi connectivity index (χ3n) is 24.3. The van der Waals surface area contributed by atoms with Crippen LogP contribution in [0.3, 0.4) is 0 Å². The summed E-state index contributed by atoms with van der Waals surface area (Å²) in [5.41, 5.74) is 35.7. The number of nitrogens with two attached hydrogens (primary N) is 6. The molecule has 4 saturated heterocycles. The van der Waals surface area contributed by atoms with Crippen LogP contribution in [0.2, 0.25) is 5.02 Å². The summed E-state index contributed by atoms with van der Waals surface area (Å²) in [6.45, 7) is 13.6. The SMILES string of the molecule is CC(C)CNC(=O)[C@@H](CCCN=C(N)N)NC(=O)[C@@H]1CCCN1C(=O)[C@@H]1CCSCCC(=O)C[C@@H](Cc2ccc(Cl)cc2)C(=O)N[C@@H](Cc2cccs2)C(=O)N[C@@H](C(C)C)C(=O)N[C@@H](CC(N)=O)C(=O)C1.CCc1ccc(C[C@@H]2CC(=O)CCCSC[C@@H](C(=O)N3CCC[C@H]3C(=O)N[C@H](CO)CCCN=C(N)N)CC(=O)[C@H](CC(N)=O)NC(=O)[C@H](C(C)C)NC(=O)[C@H](Cc3cccs3)NC2=O)cc1. The number of benzene rings is 2. The molecule has 0 aliphatic carbocycles. The zero-order chi connectivity index (χ0) is 101. The maximum Gasteiger partial charge on any atom is 0.243 e. The number of aliphatic hydroxyl groups is 1. The largest absolute Gasteiger partial charge is 0.394 e. The zero-order valence-electron chi connectivity index (χ0n) is 79.9. The van der Waals surface area contributed by atoms with Gasteiger partial charge in [0.05, 0.1) is 43.5 Å². The van der Waals surface area contributed by atoms with Crippen LogP contribution in [0.15, 0.2) is 93.5 Å². The molecule has 8 rings (SSSR count). The van der Waals surface area contributed by atoms with Gasteiger partial charge in [0.15, 0.2) is 23.5 Å². The molecule has 2 aromatic carbocycles. The van der Waals surface area contributed by atoms with Gasteiger partial charge in [0.1, 0.15) is 53.9 Å². The van der Waals surface area contributed by atoms with Crippen LogP contribution in [0, 0.1) is 41.4 Å². The maximum atomic E-state index is 14.7. The number of carbonyl (C=O) groups is 17. The number of aryl methyl sites for hydroxylation is 1. The smallest absolute Gasteiger partial charge is 0.243 e. The minimum absolute atomic E-state index is 0.0704. The van der Waals surface area contributed by atoms with Crippen LogP contribution in [0.25, 0.3) is 0 Å². The predicted octanol–water partition coefficient (Wildman–Crippen LogP) is 3.43. The molecule has 37 nitrogen and oxygen atoms in total. The van der Waals surface area contributed by atoms with Crippen molar-refractivity contribution in [3.63, 3.8) is 0 Å². The van der Waals surface area contributed by atoms with Crippen molar-refractivity contribution in [2.24, 2.45) is 85.8 Å². The number of thioether (sulfide) groups is 2. The molecule has 0 bridgehead atoms. The van der Waals surface area contributed by atoms with E-state index in [9.17, 15) is 86.6 Å². The van der Waals surface area contributed by atoms with E-state index in [4.69, 9.17) is 46.0 Å². The quantitative estimate of drug-likeness (QED) is 0.0184. The normalized spacial score (nSPS) is 23.1. The van der Waals surface area contributed by atoms with E-state index in [2.05, 4.69) is 57.8 Å². The van der Waals surface area contributed by atoms with Gasteiger partial charge in [-0.05, 0) is 164 Å². The number of hydrogen-bond acceptors (Lipinski definition) is 24. The average molecular weight is 2010 g/mol. The molecule has 4 aromatic rings. The number of aliphatic hydroxyl groups excluding tert-OH is 1. The van der Waals surface area contributed by atoms with Gasteiger partial charge in [0, 0.05) is 128 Å². The molecule has 42 heteroatoms. The number of halogens is 1. The first kappa shape index (κ1) is 114. The minimum atomic E-state index is -1.48. The van der Waals surface area contributed by atoms with Gasteiger partial charge in [-0.3, -0.25) is 91.5 Å². The highest BCUT2D eigenvalue weighted by atomic mass is 35.5. The summed E-state index contributed by atoms with van der Waals surface area (Å²) >= 11 is 11.6. The number of nitrogens with one attached hydrogen (secondary N) is 9. The molecule has 138 heavy (non-hydrogen) atoms. The van der Waals surface area contributed by atoms with E-state index in [-0.39, 0.29) is 132 Å². The van der Waals surface area contributed by atoms with Crippen LogP contribution in [0.4, 0.5) is 0 Å². The fourth-order valence-electron chi connectivity index (χ4n) is 16.6. The monoisotopic (exact) mass is 2010 g/mol. The lowest BCUT2D eigenvalue weighted by Crippen LogP contribution is -2.58. The third-order valence-corrected chi connectivity index (χ3v) is 28.5. The molecule has 758 valence electrons. The first-order valence-electron chi connectivity index (χ1n) is 47.4. The number of nitrogens with zero attached hydrogens (tertiary/aromatic N) is 4. The fraction of sp³-hybridized carbons (Fsp3) is 0.594. The average Bonchev–Trinajstić information content (AvgIpc) is 1.68. The number of primary amides is 2. The molecule has 2 aromatic heterocycles. The van der Waals surface area contributed by atoms with E-state index in [0.717, 1.165) is 32.9 Å². The van der Waals surface area contributed by atoms with E-state index in [0.29, 0.717) is 80.3 Å². The Bertz CT molecular complexity index is 4810. The summed E-state index contributed by atoms with van der Waals surface area (Å²) in [5.74, 6) is -13.5. The van der Waals surface area contributed by atoms with Gasteiger partial charge in [0.25, 0.3) is 0 Å². The number of amides is 13. The van der Waals surface area contributed by atoms with Crippen LogP contribution in [-0.2, 0) is 114 Å². The van der Waals surface area contributed by atoms with E-state index < -0.39 is 210 Å². The lowest BCUT2D eigenvalue weighted by molar-refractivity contribution is -0.144. The van der Waals surface area contributed by atoms with Crippen molar-refractivity contribution in [2.45, 2.75) is 257 Å². The number of likely N-dealkylation sites (tertiary alicyclic amines) is 2. The highest BCUT2D eigenvalue weighted by Crippen LogP contribution is 2.31. The van der Waals surface area contributed by atoms with Gasteiger partial charge in [-0.15, -0.1) is 22.7 Å². The van der Waals surface area contributed by atoms with Gasteiger partial charge in [-0.25, -0.2) is 0 Å². The van der Waals surface area contributed by atoms with Crippen LogP contribution in [0.1, 0.15) is 190 Å². The van der Waals surface area contributed by atoms with Gasteiger partial charge in [-0.2, -0.15) is 23.5 Å². The van der Waals surface area contributed by atoms with Gasteiger partial charge in [0.2, 0.25) is 76.8 Å². The first-order chi connectivity index (χ1) is 65.7. The molecule has 22 N–H and O–H groups in total. The zero-order valence-corrected chi connectivity index (χ0v) is 83.9. The summed E-state index contributed by atoms with van der Waals surface area (Å²) in [5, 5.41) is 39.3. The van der Waals surface area contributed by atoms with Gasteiger partial charge < -0.3 is 97.2 Å². The van der Waals surface area contributed by atoms with Crippen LogP contribution in [-0.4, -0.2) is 250 Å². The van der Waals surface area contributed by atoms with E-state index >= 15 is 0 Å². The second-order valence-corrected chi connectivity index (χ2v) is 41.5. The Morgan fingerprint density at radius 1 is 0.500 bits per heavy atom. The number of carbonyl (C=O) groups excluding carboxylic acids is 17. The number of ketones is 4. The molecule has 4 aliphatic rings. The molecule has 4 fully saturated rings. The topological polar surface area (TPSA) is 606 Å². The highest BCUT2D eigenvalue weighted by molar-refractivity contribution is 7.99. The minimum Gasteiger partial charge on any atom is -0.394 e. The molecule has 0 saturated carbocycles. The molecule has 13 amide bonds. The van der Waals surface area contributed by atoms with Crippen LogP contribution >= 0.6 is 57.8 Å². The number of thiophene rings is 2. The summed E-state index contributed by atoms with van der Waals surface area (Å²) in [6, 6.07) is 10.8. The van der Waals surface area contributed by atoms with Crippen molar-refractivity contribution in [3.05, 3.63) is 115 Å². The molecule has 0 unspecified atom stereocenters. The van der Waals surface area contributed by atoms with Crippen LogP contribution in [0.5, 0.6) is 0 Å². The third kappa shape index (κ3) is 39.1. The van der Waals surface area contributed by atoms with Gasteiger partial charge in [-0.1, -0.05) is 109 Å². The van der Waals surface area contributed by atoms with E-state index in [1.807, 2.05) is 74.0 Å². The van der Waals surface area contributed by atoms with Crippen molar-refractivity contribution < 1.29 is 86.6 Å². The molecule has 14 atom stereocenters. The van der Waals surface area contributed by atoms with Gasteiger partial charge >= 0.3 is 0 Å².